The number of hydrogen-bond acceptors (Lipinski definition) is 4. The number of carbonyl (C=O) groups excluding carboxylic acids is 1. The summed E-state index contributed by atoms with van der Waals surface area (Å²) >= 11 is 0. The van der Waals surface area contributed by atoms with Crippen molar-refractivity contribution >= 4 is 11.6 Å². The van der Waals surface area contributed by atoms with Gasteiger partial charge in [0.1, 0.15) is 11.9 Å². The number of likely N-dealkylation sites (N-methyl/N-ethyl adjacent to an activating group) is 1. The molecule has 1 aliphatic heterocycles. The van der Waals surface area contributed by atoms with Gasteiger partial charge in [-0.25, -0.2) is 0 Å². The molecule has 3 N–H and O–H groups in total. The standard InChI is InChI=1S/C15H22N2O3/c1-3-17(13-8-11(18)5-4-10(13)2)15(19)14-7-6-12(9-16)20-14/h4-5,8,12,14,18H,3,6-7,9,16H2,1-2H3. The highest BCUT2D eigenvalue weighted by atomic mass is 16.5. The molecule has 1 aromatic rings. The summed E-state index contributed by atoms with van der Waals surface area (Å²) in [6, 6.07) is 5.04. The highest BCUT2D eigenvalue weighted by Crippen LogP contribution is 2.28. The summed E-state index contributed by atoms with van der Waals surface area (Å²) in [5, 5.41) is 9.62. The minimum atomic E-state index is -0.426. The second kappa shape index (κ2) is 6.24. The second-order valence-corrected chi connectivity index (χ2v) is 5.11. The van der Waals surface area contributed by atoms with E-state index in [-0.39, 0.29) is 17.8 Å². The fourth-order valence-electron chi connectivity index (χ4n) is 2.57. The van der Waals surface area contributed by atoms with Gasteiger partial charge in [-0.1, -0.05) is 6.07 Å². The third-order valence-corrected chi connectivity index (χ3v) is 3.71. The molecule has 2 atom stereocenters. The molecule has 0 aliphatic carbocycles. The summed E-state index contributed by atoms with van der Waals surface area (Å²) in [7, 11) is 0. The number of hydrogen-bond donors (Lipinski definition) is 2. The number of nitrogens with two attached hydrogens (primary N) is 1. The van der Waals surface area contributed by atoms with Crippen molar-refractivity contribution < 1.29 is 14.6 Å². The van der Waals surface area contributed by atoms with Gasteiger partial charge < -0.3 is 20.5 Å². The van der Waals surface area contributed by atoms with E-state index in [0.717, 1.165) is 17.7 Å². The molecular formula is C15H22N2O3. The Bertz CT molecular complexity index is 490. The largest absolute Gasteiger partial charge is 0.508 e. The molecule has 0 saturated carbocycles. The van der Waals surface area contributed by atoms with Crippen LogP contribution in [0.2, 0.25) is 0 Å². The summed E-state index contributed by atoms with van der Waals surface area (Å²) in [6.07, 6.45) is 1.08. The number of carbonyl (C=O) groups is 1. The predicted octanol–water partition coefficient (Wildman–Crippen LogP) is 1.56. The van der Waals surface area contributed by atoms with Gasteiger partial charge in [-0.15, -0.1) is 0 Å². The average molecular weight is 278 g/mol. The van der Waals surface area contributed by atoms with E-state index in [4.69, 9.17) is 10.5 Å². The first kappa shape index (κ1) is 14.8. The van der Waals surface area contributed by atoms with Gasteiger partial charge >= 0.3 is 0 Å². The Labute approximate surface area is 119 Å². The number of phenolic OH excluding ortho intramolecular Hbond substituents is 1. The van der Waals surface area contributed by atoms with E-state index in [2.05, 4.69) is 0 Å². The van der Waals surface area contributed by atoms with Gasteiger partial charge in [0, 0.05) is 19.2 Å². The van der Waals surface area contributed by atoms with E-state index >= 15 is 0 Å². The Kier molecular flexibility index (Phi) is 4.62. The SMILES string of the molecule is CCN(C(=O)C1CCC(CN)O1)c1cc(O)ccc1C. The Hall–Kier alpha value is -1.59. The maximum Gasteiger partial charge on any atom is 0.256 e. The molecule has 2 rings (SSSR count). The van der Waals surface area contributed by atoms with Crippen molar-refractivity contribution in [3.05, 3.63) is 23.8 Å². The maximum atomic E-state index is 12.6. The Morgan fingerprint density at radius 1 is 1.50 bits per heavy atom. The molecule has 1 aromatic carbocycles. The third kappa shape index (κ3) is 2.94. The predicted molar refractivity (Wildman–Crippen MR) is 77.8 cm³/mol. The van der Waals surface area contributed by atoms with Gasteiger partial charge in [-0.05, 0) is 38.3 Å². The fraction of sp³-hybridized carbons (Fsp3) is 0.533. The van der Waals surface area contributed by atoms with Crippen LogP contribution in [-0.2, 0) is 9.53 Å². The van der Waals surface area contributed by atoms with Crippen LogP contribution < -0.4 is 10.6 Å². The minimum absolute atomic E-state index is 0.0204. The molecule has 5 nitrogen and oxygen atoms in total. The van der Waals surface area contributed by atoms with Crippen molar-refractivity contribution in [3.63, 3.8) is 0 Å². The third-order valence-electron chi connectivity index (χ3n) is 3.71. The molecule has 0 spiro atoms. The number of benzene rings is 1. The first-order chi connectivity index (χ1) is 9.56. The van der Waals surface area contributed by atoms with E-state index in [1.165, 1.54) is 0 Å². The lowest BCUT2D eigenvalue weighted by atomic mass is 10.1. The zero-order chi connectivity index (χ0) is 14.7. The van der Waals surface area contributed by atoms with Crippen molar-refractivity contribution in [1.82, 2.24) is 0 Å². The number of rotatable bonds is 4. The van der Waals surface area contributed by atoms with Gasteiger partial charge in [-0.2, -0.15) is 0 Å². The topological polar surface area (TPSA) is 75.8 Å². The number of anilines is 1. The van der Waals surface area contributed by atoms with E-state index in [1.54, 1.807) is 23.1 Å². The minimum Gasteiger partial charge on any atom is -0.508 e. The lowest BCUT2D eigenvalue weighted by molar-refractivity contribution is -0.129. The average Bonchev–Trinajstić information content (AvgIpc) is 2.92. The number of ether oxygens (including phenoxy) is 1. The zero-order valence-corrected chi connectivity index (χ0v) is 12.0. The Balaban J connectivity index is 2.19. The van der Waals surface area contributed by atoms with Crippen LogP contribution in [0.15, 0.2) is 18.2 Å². The van der Waals surface area contributed by atoms with Crippen molar-refractivity contribution in [2.45, 2.75) is 38.9 Å². The number of aromatic hydroxyl groups is 1. The monoisotopic (exact) mass is 278 g/mol. The van der Waals surface area contributed by atoms with Crippen LogP contribution in [-0.4, -0.2) is 36.3 Å². The molecular weight excluding hydrogens is 256 g/mol. The van der Waals surface area contributed by atoms with E-state index in [1.807, 2.05) is 13.8 Å². The van der Waals surface area contributed by atoms with Gasteiger partial charge in [0.05, 0.1) is 11.8 Å². The van der Waals surface area contributed by atoms with Crippen molar-refractivity contribution in [2.75, 3.05) is 18.0 Å². The molecule has 0 aromatic heterocycles. The number of amides is 1. The molecule has 110 valence electrons. The van der Waals surface area contributed by atoms with Gasteiger partial charge in [0.25, 0.3) is 5.91 Å². The zero-order valence-electron chi connectivity index (χ0n) is 12.0. The molecule has 5 heteroatoms. The van der Waals surface area contributed by atoms with Crippen LogP contribution in [0.5, 0.6) is 5.75 Å². The van der Waals surface area contributed by atoms with Gasteiger partial charge in [-0.3, -0.25) is 4.79 Å². The first-order valence-corrected chi connectivity index (χ1v) is 7.03. The Morgan fingerprint density at radius 2 is 2.25 bits per heavy atom. The van der Waals surface area contributed by atoms with Crippen LogP contribution in [0.4, 0.5) is 5.69 Å². The highest BCUT2D eigenvalue weighted by molar-refractivity contribution is 5.97. The second-order valence-electron chi connectivity index (χ2n) is 5.11. The lowest BCUT2D eigenvalue weighted by Crippen LogP contribution is -2.40. The molecule has 1 amide bonds. The van der Waals surface area contributed by atoms with Crippen LogP contribution in [0.1, 0.15) is 25.3 Å². The smallest absolute Gasteiger partial charge is 0.256 e. The molecule has 1 heterocycles. The van der Waals surface area contributed by atoms with Gasteiger partial charge in [0.2, 0.25) is 0 Å². The summed E-state index contributed by atoms with van der Waals surface area (Å²) in [6.45, 7) is 4.82. The molecule has 1 saturated heterocycles. The molecule has 2 unspecified atom stereocenters. The van der Waals surface area contributed by atoms with Gasteiger partial charge in [0.15, 0.2) is 0 Å². The summed E-state index contributed by atoms with van der Waals surface area (Å²) in [5.41, 5.74) is 7.26. The summed E-state index contributed by atoms with van der Waals surface area (Å²) in [5.74, 6) is 0.0983. The molecule has 20 heavy (non-hydrogen) atoms. The quantitative estimate of drug-likeness (QED) is 0.876. The number of aryl methyl sites for hydroxylation is 1. The molecule has 0 bridgehead atoms. The highest BCUT2D eigenvalue weighted by Gasteiger charge is 2.33. The number of phenols is 1. The van der Waals surface area contributed by atoms with E-state index in [9.17, 15) is 9.90 Å². The van der Waals surface area contributed by atoms with Crippen LogP contribution in [0.25, 0.3) is 0 Å². The van der Waals surface area contributed by atoms with E-state index < -0.39 is 6.10 Å². The van der Waals surface area contributed by atoms with Crippen LogP contribution in [0.3, 0.4) is 0 Å². The lowest BCUT2D eigenvalue weighted by Gasteiger charge is -2.26. The first-order valence-electron chi connectivity index (χ1n) is 7.03. The maximum absolute atomic E-state index is 12.6. The molecule has 0 radical (unpaired) electrons. The molecule has 1 fully saturated rings. The normalized spacial score (nSPS) is 21.9. The van der Waals surface area contributed by atoms with Crippen LogP contribution in [0, 0.1) is 6.92 Å². The van der Waals surface area contributed by atoms with Crippen molar-refractivity contribution in [2.24, 2.45) is 5.73 Å². The summed E-state index contributed by atoms with van der Waals surface area (Å²) in [4.78, 5) is 14.2. The number of nitrogens with zero attached hydrogens (tertiary/aromatic N) is 1. The fourth-order valence-corrected chi connectivity index (χ4v) is 2.57. The van der Waals surface area contributed by atoms with Crippen molar-refractivity contribution in [3.8, 4) is 5.75 Å². The van der Waals surface area contributed by atoms with Crippen LogP contribution >= 0.6 is 0 Å². The molecule has 1 aliphatic rings. The Morgan fingerprint density at radius 3 is 2.85 bits per heavy atom. The van der Waals surface area contributed by atoms with Crippen molar-refractivity contribution in [1.29, 1.82) is 0 Å². The van der Waals surface area contributed by atoms with E-state index in [0.29, 0.717) is 19.5 Å². The summed E-state index contributed by atoms with van der Waals surface area (Å²) < 4.78 is 5.67.